The predicted molar refractivity (Wildman–Crippen MR) is 112 cm³/mol. The largest absolute Gasteiger partial charge is 0.392 e. The monoisotopic (exact) mass is 402 g/mol. The highest BCUT2D eigenvalue weighted by Crippen LogP contribution is 2.68. The molecule has 4 nitrogen and oxygen atoms in total. The molecule has 1 saturated heterocycles. The minimum atomic E-state index is -0.822. The Bertz CT molecular complexity index is 708. The number of rotatable bonds is 2. The molecule has 29 heavy (non-hydrogen) atoms. The smallest absolute Gasteiger partial charge is 0.172 e. The lowest BCUT2D eigenvalue weighted by atomic mass is 9.50. The lowest BCUT2D eigenvalue weighted by Crippen LogP contribution is -2.53. The molecule has 0 aromatic carbocycles. The molecule has 8 atom stereocenters. The van der Waals surface area contributed by atoms with Crippen molar-refractivity contribution in [3.8, 4) is 0 Å². The van der Waals surface area contributed by atoms with Crippen LogP contribution in [0.5, 0.6) is 0 Å². The van der Waals surface area contributed by atoms with Crippen LogP contribution >= 0.6 is 0 Å². The van der Waals surface area contributed by atoms with E-state index in [0.717, 1.165) is 44.8 Å². The molecule has 4 aliphatic carbocycles. The van der Waals surface area contributed by atoms with Crippen molar-refractivity contribution in [2.24, 2.45) is 40.9 Å². The van der Waals surface area contributed by atoms with Gasteiger partial charge >= 0.3 is 0 Å². The van der Waals surface area contributed by atoms with Crippen LogP contribution < -0.4 is 0 Å². The van der Waals surface area contributed by atoms with Gasteiger partial charge in [0.25, 0.3) is 0 Å². The Hall–Kier alpha value is -0.680. The quantitative estimate of drug-likeness (QED) is 0.684. The zero-order valence-corrected chi connectivity index (χ0v) is 18.3. The summed E-state index contributed by atoms with van der Waals surface area (Å²) in [6.07, 6.45) is 12.8. The van der Waals surface area contributed by atoms with Crippen LogP contribution in [0.25, 0.3) is 0 Å². The first-order valence-corrected chi connectivity index (χ1v) is 11.8. The number of hydrogen-bond acceptors (Lipinski definition) is 4. The van der Waals surface area contributed by atoms with Crippen molar-refractivity contribution in [2.45, 2.75) is 70.7 Å². The molecule has 4 heteroatoms. The van der Waals surface area contributed by atoms with Gasteiger partial charge < -0.3 is 19.7 Å². The molecule has 4 unspecified atom stereocenters. The number of fused-ring (bicyclic) bond motifs is 5. The predicted octanol–water partition coefficient (Wildman–Crippen LogP) is 4.07. The van der Waals surface area contributed by atoms with Gasteiger partial charge in [0.05, 0.1) is 25.4 Å². The van der Waals surface area contributed by atoms with Gasteiger partial charge in [0.2, 0.25) is 0 Å². The fourth-order valence-electron chi connectivity index (χ4n) is 8.49. The van der Waals surface area contributed by atoms with Crippen LogP contribution in [0.4, 0.5) is 0 Å². The molecule has 0 aromatic rings. The Morgan fingerprint density at radius 2 is 1.90 bits per heavy atom. The van der Waals surface area contributed by atoms with Crippen molar-refractivity contribution >= 4 is 0 Å². The maximum atomic E-state index is 11.8. The van der Waals surface area contributed by atoms with Gasteiger partial charge in [-0.1, -0.05) is 44.6 Å². The average molecular weight is 403 g/mol. The van der Waals surface area contributed by atoms with Gasteiger partial charge in [0, 0.05) is 18.3 Å². The Morgan fingerprint density at radius 3 is 2.62 bits per heavy atom. The van der Waals surface area contributed by atoms with E-state index >= 15 is 0 Å². The number of hydrogen-bond donors (Lipinski definition) is 2. The van der Waals surface area contributed by atoms with Crippen LogP contribution in [-0.4, -0.2) is 41.4 Å². The third kappa shape index (κ3) is 2.71. The SMILES string of the molecule is C[C@@H]1C2C3CC=C4CC5(CCC4C3CC[C@]2(C)[C@](O)(/C=C\CO)[C@@H]1C)OCCO5. The van der Waals surface area contributed by atoms with Crippen LogP contribution in [0.1, 0.15) is 59.3 Å². The normalized spacial score (nSPS) is 51.0. The second-order valence-electron chi connectivity index (χ2n) is 10.8. The molecule has 0 aromatic heterocycles. The van der Waals surface area contributed by atoms with Gasteiger partial charge in [-0.3, -0.25) is 0 Å². The van der Waals surface area contributed by atoms with Gasteiger partial charge in [-0.05, 0) is 61.2 Å². The van der Waals surface area contributed by atoms with E-state index in [1.807, 2.05) is 6.08 Å². The summed E-state index contributed by atoms with van der Waals surface area (Å²) in [5.74, 6) is 2.93. The fraction of sp³-hybridized carbons (Fsp3) is 0.840. The zero-order valence-electron chi connectivity index (χ0n) is 18.3. The molecule has 0 amide bonds. The summed E-state index contributed by atoms with van der Waals surface area (Å²) in [5.41, 5.74) is 0.645. The van der Waals surface area contributed by atoms with E-state index in [1.165, 1.54) is 12.8 Å². The molecule has 0 radical (unpaired) electrons. The molecule has 1 heterocycles. The van der Waals surface area contributed by atoms with E-state index < -0.39 is 5.60 Å². The summed E-state index contributed by atoms with van der Waals surface area (Å²) >= 11 is 0. The minimum Gasteiger partial charge on any atom is -0.392 e. The van der Waals surface area contributed by atoms with Crippen LogP contribution in [0.3, 0.4) is 0 Å². The molecule has 162 valence electrons. The third-order valence-electron chi connectivity index (χ3n) is 9.95. The maximum Gasteiger partial charge on any atom is 0.172 e. The summed E-state index contributed by atoms with van der Waals surface area (Å²) in [6.45, 7) is 8.37. The molecule has 5 aliphatic rings. The lowest BCUT2D eigenvalue weighted by Gasteiger charge is -2.56. The van der Waals surface area contributed by atoms with Crippen LogP contribution in [0, 0.1) is 40.9 Å². The molecule has 4 fully saturated rings. The van der Waals surface area contributed by atoms with Crippen molar-refractivity contribution in [3.63, 3.8) is 0 Å². The van der Waals surface area contributed by atoms with E-state index in [1.54, 1.807) is 11.6 Å². The zero-order chi connectivity index (χ0) is 20.4. The second-order valence-corrected chi connectivity index (χ2v) is 10.8. The topological polar surface area (TPSA) is 58.9 Å². The van der Waals surface area contributed by atoms with E-state index in [-0.39, 0.29) is 23.7 Å². The average Bonchev–Trinajstić information content (AvgIpc) is 3.22. The van der Waals surface area contributed by atoms with Gasteiger partial charge in [-0.25, -0.2) is 0 Å². The molecule has 1 spiro atoms. The van der Waals surface area contributed by atoms with Gasteiger partial charge in [-0.15, -0.1) is 0 Å². The summed E-state index contributed by atoms with van der Waals surface area (Å²) in [7, 11) is 0. The number of aliphatic hydroxyl groups is 2. The van der Waals surface area contributed by atoms with Crippen molar-refractivity contribution < 1.29 is 19.7 Å². The number of aliphatic hydroxyl groups excluding tert-OH is 1. The highest BCUT2D eigenvalue weighted by Gasteiger charge is 2.67. The summed E-state index contributed by atoms with van der Waals surface area (Å²) < 4.78 is 12.0. The van der Waals surface area contributed by atoms with Crippen molar-refractivity contribution in [3.05, 3.63) is 23.8 Å². The maximum absolute atomic E-state index is 11.8. The summed E-state index contributed by atoms with van der Waals surface area (Å²) in [4.78, 5) is 0. The minimum absolute atomic E-state index is 0.00370. The van der Waals surface area contributed by atoms with Gasteiger partial charge in [0.15, 0.2) is 5.79 Å². The third-order valence-corrected chi connectivity index (χ3v) is 9.95. The van der Waals surface area contributed by atoms with E-state index in [2.05, 4.69) is 26.8 Å². The summed E-state index contributed by atoms with van der Waals surface area (Å²) in [5, 5.41) is 21.2. The second kappa shape index (κ2) is 6.91. The fourth-order valence-corrected chi connectivity index (χ4v) is 8.49. The van der Waals surface area contributed by atoms with Crippen molar-refractivity contribution in [1.82, 2.24) is 0 Å². The first-order valence-electron chi connectivity index (χ1n) is 11.8. The summed E-state index contributed by atoms with van der Waals surface area (Å²) in [6, 6.07) is 0. The first kappa shape index (κ1) is 20.2. The standard InChI is InChI=1S/C25H38O4/c1-16-17(2)25(27,9-4-12-26)23(3)10-7-20-19-8-11-24(28-13-14-29-24)15-18(19)5-6-21(20)22(16)23/h4-5,9,16-17,19-22,26-27H,6-8,10-15H2,1-3H3/b9-4-/t16-,17+,19?,20?,21?,22?,23-,25-/m0/s1. The molecule has 1 aliphatic heterocycles. The van der Waals surface area contributed by atoms with Crippen LogP contribution in [0.2, 0.25) is 0 Å². The lowest BCUT2D eigenvalue weighted by molar-refractivity contribution is -0.177. The van der Waals surface area contributed by atoms with Crippen molar-refractivity contribution in [2.75, 3.05) is 19.8 Å². The molecule has 5 rings (SSSR count). The van der Waals surface area contributed by atoms with E-state index in [9.17, 15) is 10.2 Å². The molecule has 0 bridgehead atoms. The van der Waals surface area contributed by atoms with Crippen LogP contribution in [0.15, 0.2) is 23.8 Å². The Labute approximate surface area is 175 Å². The number of allylic oxidation sites excluding steroid dienone is 1. The van der Waals surface area contributed by atoms with Crippen LogP contribution in [-0.2, 0) is 9.47 Å². The number of ether oxygens (including phenoxy) is 2. The molecular formula is C25H38O4. The first-order chi connectivity index (χ1) is 13.9. The highest BCUT2D eigenvalue weighted by atomic mass is 16.7. The van der Waals surface area contributed by atoms with E-state index in [0.29, 0.717) is 23.7 Å². The highest BCUT2D eigenvalue weighted by molar-refractivity contribution is 5.27. The van der Waals surface area contributed by atoms with Crippen molar-refractivity contribution in [1.29, 1.82) is 0 Å². The Morgan fingerprint density at radius 1 is 1.14 bits per heavy atom. The molecule has 3 saturated carbocycles. The van der Waals surface area contributed by atoms with Gasteiger partial charge in [0.1, 0.15) is 0 Å². The molecule has 2 N–H and O–H groups in total. The Kier molecular flexibility index (Phi) is 4.82. The van der Waals surface area contributed by atoms with Gasteiger partial charge in [-0.2, -0.15) is 0 Å². The molecular weight excluding hydrogens is 364 g/mol. The Balaban J connectivity index is 1.45. The van der Waals surface area contributed by atoms with E-state index in [4.69, 9.17) is 9.47 Å².